The molecule has 0 unspecified atom stereocenters. The van der Waals surface area contributed by atoms with Crippen LogP contribution in [0.2, 0.25) is 0 Å². The summed E-state index contributed by atoms with van der Waals surface area (Å²) < 4.78 is 0. The molecule has 0 bridgehead atoms. The van der Waals surface area contributed by atoms with Gasteiger partial charge in [-0.05, 0) is 105 Å². The van der Waals surface area contributed by atoms with E-state index in [0.29, 0.717) is 0 Å². The first kappa shape index (κ1) is 39.7. The summed E-state index contributed by atoms with van der Waals surface area (Å²) in [5, 5.41) is 10.1. The van der Waals surface area contributed by atoms with Crippen LogP contribution >= 0.6 is 0 Å². The third-order valence-electron chi connectivity index (χ3n) is 10.7. The van der Waals surface area contributed by atoms with Crippen molar-refractivity contribution in [1.82, 2.24) is 0 Å². The minimum absolute atomic E-state index is 0.0391. The SMILES string of the molecule is CC(C)(C)c1ccc2c#cc3ccc4c#cc5ccc(C(C)(C)C)cc5c#cc5cc(C(C)(C)C)ccc5c#cc4c3c#cc3ccc(C(C)(C)C)cc3c#cc2c1. The second kappa shape index (κ2) is 14.8. The number of rotatable bonds is 0. The zero-order chi connectivity index (χ0) is 41.6. The number of fused-ring (bicyclic) bond motifs is 7. The van der Waals surface area contributed by atoms with E-state index in [1.54, 1.807) is 0 Å². The molecule has 0 heterocycles. The van der Waals surface area contributed by atoms with Crippen LogP contribution in [0.3, 0.4) is 0 Å². The zero-order valence-electron chi connectivity index (χ0n) is 36.1. The number of hydrogen-bond donors (Lipinski definition) is 0. The Morgan fingerprint density at radius 3 is 0.655 bits per heavy atom. The van der Waals surface area contributed by atoms with Crippen LogP contribution in [0.5, 0.6) is 0 Å². The zero-order valence-corrected chi connectivity index (χ0v) is 36.1. The minimum Gasteiger partial charge on any atom is -0.0603 e. The summed E-state index contributed by atoms with van der Waals surface area (Å²) in [6.45, 7) is 26.7. The molecule has 0 atom stereocenters. The molecule has 7 rings (SSSR count). The molecule has 0 radical (unpaired) electrons. The molecule has 0 heteroatoms. The predicted molar refractivity (Wildman–Crippen MR) is 245 cm³/mol. The standard InChI is InChI=1S/C58H50/c1-55(2,3)49-29-23-39-13-15-43-17-18-44-16-14-40-24-30-50(56(4,5)6)36-46(40)20-22-48-38-52(58(10,11)12)32-26-42(48)28-34-54(44)53(43)33-27-41-25-31-51(57(7,8)9)37-47(41)21-19-45(39)35-49/h17-18,23-26,29-32,35-38H,1-12H3. The van der Waals surface area contributed by atoms with Crippen molar-refractivity contribution in [3.8, 4) is 0 Å². The second-order valence-electron chi connectivity index (χ2n) is 19.5. The van der Waals surface area contributed by atoms with Crippen molar-refractivity contribution in [3.63, 3.8) is 0 Å². The molecule has 0 aromatic heterocycles. The molecule has 7 aromatic carbocycles. The lowest BCUT2D eigenvalue weighted by Crippen LogP contribution is -2.10. The molecule has 282 valence electrons. The van der Waals surface area contributed by atoms with E-state index in [2.05, 4.69) is 229 Å². The first-order chi connectivity index (χ1) is 27.2. The minimum atomic E-state index is -0.0522. The summed E-state index contributed by atoms with van der Waals surface area (Å²) >= 11 is 0. The fourth-order valence-electron chi connectivity index (χ4n) is 6.76. The van der Waals surface area contributed by atoms with Crippen LogP contribution < -0.4 is 0 Å². The predicted octanol–water partition coefficient (Wildman–Crippen LogP) is 14.8. The van der Waals surface area contributed by atoms with Crippen LogP contribution in [-0.2, 0) is 21.7 Å². The molecule has 0 aliphatic heterocycles. The molecule has 0 aliphatic rings. The average Bonchev–Trinajstić information content (AvgIpc) is 3.14. The molecule has 58 heavy (non-hydrogen) atoms. The van der Waals surface area contributed by atoms with Gasteiger partial charge >= 0.3 is 0 Å². The van der Waals surface area contributed by atoms with E-state index in [-0.39, 0.29) is 21.7 Å². The Labute approximate surface area is 347 Å². The Balaban J connectivity index is 1.66. The Morgan fingerprint density at radius 2 is 0.414 bits per heavy atom. The van der Waals surface area contributed by atoms with Gasteiger partial charge in [-0.25, -0.2) is 0 Å². The van der Waals surface area contributed by atoms with E-state index in [0.717, 1.165) is 64.6 Å². The lowest BCUT2D eigenvalue weighted by Gasteiger charge is -2.18. The quantitative estimate of drug-likeness (QED) is 0.145. The summed E-state index contributed by atoms with van der Waals surface area (Å²) in [7, 11) is 0. The Bertz CT molecular complexity index is 2710. The molecule has 7 aromatic rings. The van der Waals surface area contributed by atoms with Crippen molar-refractivity contribution >= 4 is 64.6 Å². The van der Waals surface area contributed by atoms with E-state index < -0.39 is 0 Å². The van der Waals surface area contributed by atoms with E-state index >= 15 is 0 Å². The molecule has 0 spiro atoms. The van der Waals surface area contributed by atoms with E-state index in [1.807, 2.05) is 12.1 Å². The smallest absolute Gasteiger partial charge is 0.0575 e. The molecule has 0 fully saturated rings. The highest BCUT2D eigenvalue weighted by molar-refractivity contribution is 6.05. The fourth-order valence-corrected chi connectivity index (χ4v) is 6.76. The van der Waals surface area contributed by atoms with E-state index in [1.165, 1.54) is 22.3 Å². The number of benzene rings is 5. The van der Waals surface area contributed by atoms with Crippen LogP contribution in [-0.4, -0.2) is 0 Å². The van der Waals surface area contributed by atoms with Gasteiger partial charge in [-0.3, -0.25) is 0 Å². The third kappa shape index (κ3) is 8.56. The lowest BCUT2D eigenvalue weighted by atomic mass is 9.86. The summed E-state index contributed by atoms with van der Waals surface area (Å²) in [6.07, 6.45) is 0. The van der Waals surface area contributed by atoms with Gasteiger partial charge in [-0.1, -0.05) is 180 Å². The molecular weight excluding hydrogens is 697 g/mol. The maximum Gasteiger partial charge on any atom is 0.0575 e. The van der Waals surface area contributed by atoms with Gasteiger partial charge < -0.3 is 0 Å². The Kier molecular flexibility index (Phi) is 10.1. The first-order valence-corrected chi connectivity index (χ1v) is 20.1. The summed E-state index contributed by atoms with van der Waals surface area (Å²) in [6, 6.07) is 72.2. The van der Waals surface area contributed by atoms with Crippen LogP contribution in [0.25, 0.3) is 64.6 Å². The summed E-state index contributed by atoms with van der Waals surface area (Å²) in [4.78, 5) is 0. The van der Waals surface area contributed by atoms with Crippen molar-refractivity contribution < 1.29 is 0 Å². The molecular formula is C58H50. The van der Waals surface area contributed by atoms with Gasteiger partial charge in [-0.2, -0.15) is 0 Å². The highest BCUT2D eigenvalue weighted by atomic mass is 14.2. The van der Waals surface area contributed by atoms with Gasteiger partial charge in [0.05, 0.1) is 10.8 Å². The van der Waals surface area contributed by atoms with Gasteiger partial charge in [0.2, 0.25) is 0 Å². The van der Waals surface area contributed by atoms with Gasteiger partial charge in [0.15, 0.2) is 0 Å². The van der Waals surface area contributed by atoms with Gasteiger partial charge in [0.1, 0.15) is 0 Å². The maximum absolute atomic E-state index is 3.57. The first-order valence-electron chi connectivity index (χ1n) is 20.1. The topological polar surface area (TPSA) is 0 Å². The molecule has 0 N–H and O–H groups in total. The molecule has 0 saturated heterocycles. The number of hydrogen-bond acceptors (Lipinski definition) is 0. The highest BCUT2D eigenvalue weighted by Gasteiger charge is 2.16. The van der Waals surface area contributed by atoms with Crippen molar-refractivity contribution in [2.45, 2.75) is 105 Å². The van der Waals surface area contributed by atoms with Crippen LogP contribution in [0, 0.1) is 72.8 Å². The average molecular weight is 747 g/mol. The van der Waals surface area contributed by atoms with Crippen molar-refractivity contribution in [2.75, 3.05) is 0 Å². The summed E-state index contributed by atoms with van der Waals surface area (Å²) in [5.74, 6) is 0. The highest BCUT2D eigenvalue weighted by Crippen LogP contribution is 2.29. The van der Waals surface area contributed by atoms with Crippen molar-refractivity contribution in [3.05, 3.63) is 180 Å². The van der Waals surface area contributed by atoms with Crippen molar-refractivity contribution in [2.24, 2.45) is 0 Å². The van der Waals surface area contributed by atoms with Crippen molar-refractivity contribution in [1.29, 1.82) is 0 Å². The van der Waals surface area contributed by atoms with E-state index in [9.17, 15) is 0 Å². The second-order valence-corrected chi connectivity index (χ2v) is 19.5. The molecule has 0 nitrogen and oxygen atoms in total. The normalized spacial score (nSPS) is 11.7. The fraction of sp³-hybridized carbons (Fsp3) is 0.276. The maximum atomic E-state index is 3.57. The van der Waals surface area contributed by atoms with Gasteiger partial charge in [0, 0.05) is 53.9 Å². The Hall–Kier alpha value is -6.54. The van der Waals surface area contributed by atoms with Gasteiger partial charge in [0.25, 0.3) is 0 Å². The Morgan fingerprint density at radius 1 is 0.224 bits per heavy atom. The lowest BCUT2D eigenvalue weighted by molar-refractivity contribution is 0.591. The van der Waals surface area contributed by atoms with E-state index in [4.69, 9.17) is 0 Å². The molecule has 0 amide bonds. The molecule has 0 aliphatic carbocycles. The largest absolute Gasteiger partial charge is 0.0603 e. The van der Waals surface area contributed by atoms with Crippen LogP contribution in [0.15, 0.2) is 84.9 Å². The third-order valence-corrected chi connectivity index (χ3v) is 10.7. The van der Waals surface area contributed by atoms with Crippen LogP contribution in [0.1, 0.15) is 105 Å². The summed E-state index contributed by atoms with van der Waals surface area (Å²) in [5.41, 5.74) is 4.65. The monoisotopic (exact) mass is 746 g/mol. The van der Waals surface area contributed by atoms with Gasteiger partial charge in [-0.15, -0.1) is 0 Å². The van der Waals surface area contributed by atoms with Crippen LogP contribution in [0.4, 0.5) is 0 Å². The molecule has 0 saturated carbocycles.